The molecule has 1 aromatic carbocycles. The highest BCUT2D eigenvalue weighted by molar-refractivity contribution is 6.30. The average Bonchev–Trinajstić information content (AvgIpc) is 3.18. The molecule has 2 unspecified atom stereocenters. The number of unbranched alkanes of at least 4 members (excludes halogenated alkanes) is 1. The SMILES string of the molecule is CCCCOC(=O)N1CC2CCC1CN2Cc1c(-c2ccc(Cl)cc2)nc2ncccn12. The molecule has 8 heteroatoms. The molecule has 0 saturated carbocycles. The molecule has 1 amide bonds. The van der Waals surface area contributed by atoms with Crippen molar-refractivity contribution >= 4 is 23.5 Å². The van der Waals surface area contributed by atoms with Gasteiger partial charge >= 0.3 is 6.09 Å². The molecule has 0 aliphatic carbocycles. The fourth-order valence-electron chi connectivity index (χ4n) is 4.84. The Bertz CT molecular complexity index is 1100. The molecule has 0 radical (unpaired) electrons. The van der Waals surface area contributed by atoms with E-state index in [-0.39, 0.29) is 12.1 Å². The van der Waals surface area contributed by atoms with E-state index in [4.69, 9.17) is 21.3 Å². The van der Waals surface area contributed by atoms with Crippen LogP contribution < -0.4 is 0 Å². The number of carbonyl (C=O) groups excluding carboxylic acids is 1. The summed E-state index contributed by atoms with van der Waals surface area (Å²) in [5, 5.41) is 0.705. The molecule has 3 aliphatic rings. The van der Waals surface area contributed by atoms with Crippen LogP contribution in [0.4, 0.5) is 4.79 Å². The quantitative estimate of drug-likeness (QED) is 0.509. The van der Waals surface area contributed by atoms with Crippen molar-refractivity contribution in [3.05, 3.63) is 53.4 Å². The van der Waals surface area contributed by atoms with Gasteiger partial charge in [0, 0.05) is 54.7 Å². The molecular formula is C24H28ClN5O2. The minimum Gasteiger partial charge on any atom is -0.449 e. The van der Waals surface area contributed by atoms with Crippen molar-refractivity contribution in [2.24, 2.45) is 0 Å². The number of imidazole rings is 1. The van der Waals surface area contributed by atoms with Crippen LogP contribution in [-0.4, -0.2) is 62.0 Å². The van der Waals surface area contributed by atoms with Gasteiger partial charge in [-0.2, -0.15) is 0 Å². The lowest BCUT2D eigenvalue weighted by Gasteiger charge is -2.50. The third kappa shape index (κ3) is 4.07. The van der Waals surface area contributed by atoms with Gasteiger partial charge < -0.3 is 9.64 Å². The van der Waals surface area contributed by atoms with Crippen LogP contribution in [0.5, 0.6) is 0 Å². The van der Waals surface area contributed by atoms with Gasteiger partial charge in [0.15, 0.2) is 0 Å². The maximum absolute atomic E-state index is 12.6. The zero-order valence-corrected chi connectivity index (χ0v) is 19.0. The first kappa shape index (κ1) is 21.2. The van der Waals surface area contributed by atoms with E-state index in [0.29, 0.717) is 23.4 Å². The van der Waals surface area contributed by atoms with Crippen LogP contribution in [0.25, 0.3) is 17.0 Å². The molecule has 0 spiro atoms. The molecule has 3 aliphatic heterocycles. The molecule has 3 aromatic rings. The van der Waals surface area contributed by atoms with Gasteiger partial charge in [-0.3, -0.25) is 9.30 Å². The minimum absolute atomic E-state index is 0.159. The first-order valence-electron chi connectivity index (χ1n) is 11.4. The fraction of sp³-hybridized carbons (Fsp3) is 0.458. The highest BCUT2D eigenvalue weighted by Crippen LogP contribution is 2.33. The lowest BCUT2D eigenvalue weighted by Crippen LogP contribution is -2.63. The number of nitrogens with zero attached hydrogens (tertiary/aromatic N) is 5. The van der Waals surface area contributed by atoms with Crippen LogP contribution in [0.15, 0.2) is 42.7 Å². The summed E-state index contributed by atoms with van der Waals surface area (Å²) in [6.07, 6.45) is 7.69. The van der Waals surface area contributed by atoms with Crippen molar-refractivity contribution in [3.63, 3.8) is 0 Å². The summed E-state index contributed by atoms with van der Waals surface area (Å²) in [6, 6.07) is 10.2. The van der Waals surface area contributed by atoms with Gasteiger partial charge in [-0.05, 0) is 37.5 Å². The lowest BCUT2D eigenvalue weighted by atomic mass is 9.91. The van der Waals surface area contributed by atoms with Crippen LogP contribution in [0.1, 0.15) is 38.3 Å². The fourth-order valence-corrected chi connectivity index (χ4v) is 4.96. The molecule has 7 nitrogen and oxygen atoms in total. The number of benzene rings is 1. The molecular weight excluding hydrogens is 426 g/mol. The molecule has 6 rings (SSSR count). The molecule has 2 bridgehead atoms. The Morgan fingerprint density at radius 3 is 2.75 bits per heavy atom. The second-order valence-corrected chi connectivity index (χ2v) is 9.07. The van der Waals surface area contributed by atoms with Gasteiger partial charge in [-0.15, -0.1) is 0 Å². The van der Waals surface area contributed by atoms with E-state index in [0.717, 1.165) is 62.3 Å². The Hall–Kier alpha value is -2.64. The van der Waals surface area contributed by atoms with E-state index >= 15 is 0 Å². The monoisotopic (exact) mass is 453 g/mol. The van der Waals surface area contributed by atoms with Gasteiger partial charge in [0.05, 0.1) is 18.0 Å². The predicted molar refractivity (Wildman–Crippen MR) is 124 cm³/mol. The third-order valence-corrected chi connectivity index (χ3v) is 6.83. The van der Waals surface area contributed by atoms with E-state index in [9.17, 15) is 4.79 Å². The second-order valence-electron chi connectivity index (χ2n) is 8.64. The first-order chi connectivity index (χ1) is 15.6. The third-order valence-electron chi connectivity index (χ3n) is 6.57. The molecule has 2 atom stereocenters. The van der Waals surface area contributed by atoms with Crippen LogP contribution >= 0.6 is 11.6 Å². The van der Waals surface area contributed by atoms with E-state index in [1.165, 1.54) is 0 Å². The van der Waals surface area contributed by atoms with Crippen molar-refractivity contribution in [2.45, 2.75) is 51.2 Å². The number of piperazine rings is 1. The van der Waals surface area contributed by atoms with Crippen LogP contribution in [0.3, 0.4) is 0 Å². The number of piperidine rings is 2. The number of fused-ring (bicyclic) bond motifs is 4. The normalized spacial score (nSPS) is 20.8. The van der Waals surface area contributed by atoms with E-state index in [2.05, 4.69) is 21.2 Å². The molecule has 168 valence electrons. The Balaban J connectivity index is 1.38. The van der Waals surface area contributed by atoms with Crippen molar-refractivity contribution in [1.29, 1.82) is 0 Å². The van der Waals surface area contributed by atoms with Gasteiger partial charge in [-0.1, -0.05) is 37.1 Å². The molecule has 3 fully saturated rings. The number of carbonyl (C=O) groups is 1. The van der Waals surface area contributed by atoms with Crippen molar-refractivity contribution in [2.75, 3.05) is 19.7 Å². The van der Waals surface area contributed by atoms with E-state index in [1.54, 1.807) is 6.20 Å². The smallest absolute Gasteiger partial charge is 0.410 e. The molecule has 32 heavy (non-hydrogen) atoms. The minimum atomic E-state index is -0.159. The Morgan fingerprint density at radius 2 is 2.00 bits per heavy atom. The van der Waals surface area contributed by atoms with Gasteiger partial charge in [-0.25, -0.2) is 14.8 Å². The number of hydrogen-bond acceptors (Lipinski definition) is 5. The van der Waals surface area contributed by atoms with E-state index in [1.807, 2.05) is 41.4 Å². The van der Waals surface area contributed by atoms with Gasteiger partial charge in [0.2, 0.25) is 5.78 Å². The second kappa shape index (κ2) is 9.08. The first-order valence-corrected chi connectivity index (χ1v) is 11.8. The topological polar surface area (TPSA) is 63.0 Å². The number of halogens is 1. The van der Waals surface area contributed by atoms with Crippen molar-refractivity contribution < 1.29 is 9.53 Å². The van der Waals surface area contributed by atoms with Gasteiger partial charge in [0.25, 0.3) is 0 Å². The molecule has 0 N–H and O–H groups in total. The predicted octanol–water partition coefficient (Wildman–Crippen LogP) is 4.64. The summed E-state index contributed by atoms with van der Waals surface area (Å²) in [5.41, 5.74) is 3.07. The maximum Gasteiger partial charge on any atom is 0.410 e. The van der Waals surface area contributed by atoms with E-state index < -0.39 is 0 Å². The Morgan fingerprint density at radius 1 is 1.19 bits per heavy atom. The summed E-state index contributed by atoms with van der Waals surface area (Å²) in [5.74, 6) is 0.691. The number of amides is 1. The Kier molecular flexibility index (Phi) is 6.02. The molecule has 3 saturated heterocycles. The summed E-state index contributed by atoms with van der Waals surface area (Å²) in [4.78, 5) is 26.3. The van der Waals surface area contributed by atoms with Crippen LogP contribution in [0.2, 0.25) is 5.02 Å². The number of rotatable bonds is 6. The number of aromatic nitrogens is 3. The zero-order valence-electron chi connectivity index (χ0n) is 18.3. The highest BCUT2D eigenvalue weighted by Gasteiger charge is 2.42. The van der Waals surface area contributed by atoms with Crippen molar-refractivity contribution in [3.8, 4) is 11.3 Å². The summed E-state index contributed by atoms with van der Waals surface area (Å²) in [6.45, 7) is 4.93. The maximum atomic E-state index is 12.6. The lowest BCUT2D eigenvalue weighted by molar-refractivity contribution is -0.0241. The summed E-state index contributed by atoms with van der Waals surface area (Å²) >= 11 is 6.11. The Labute approximate surface area is 193 Å². The van der Waals surface area contributed by atoms with Crippen molar-refractivity contribution in [1.82, 2.24) is 24.2 Å². The zero-order chi connectivity index (χ0) is 22.1. The standard InChI is InChI=1S/C24H28ClN5O2/c1-2-3-13-32-24(31)30-15-19-9-10-20(30)14-28(19)16-21-22(17-5-7-18(25)8-6-17)27-23-26-11-4-12-29(21)23/h4-8,11-12,19-20H,2-3,9-10,13-16H2,1H3. The average molecular weight is 454 g/mol. The number of hydrogen-bond donors (Lipinski definition) is 0. The largest absolute Gasteiger partial charge is 0.449 e. The van der Waals surface area contributed by atoms with Gasteiger partial charge in [0.1, 0.15) is 0 Å². The molecule has 5 heterocycles. The van der Waals surface area contributed by atoms with Crippen LogP contribution in [-0.2, 0) is 11.3 Å². The van der Waals surface area contributed by atoms with Crippen LogP contribution in [0, 0.1) is 0 Å². The summed E-state index contributed by atoms with van der Waals surface area (Å²) < 4.78 is 7.57. The molecule has 2 aromatic heterocycles. The summed E-state index contributed by atoms with van der Waals surface area (Å²) in [7, 11) is 0. The highest BCUT2D eigenvalue weighted by atomic mass is 35.5. The number of ether oxygens (including phenoxy) is 1.